The van der Waals surface area contributed by atoms with Gasteiger partial charge in [-0.2, -0.15) is 0 Å². The molecule has 1 aliphatic rings. The van der Waals surface area contributed by atoms with Crippen molar-refractivity contribution in [3.8, 4) is 5.75 Å². The minimum atomic E-state index is -0.00406. The molecule has 3 heterocycles. The number of nitrogens with zero attached hydrogens (tertiary/aromatic N) is 3. The van der Waals surface area contributed by atoms with Crippen LogP contribution in [0.1, 0.15) is 17.7 Å². The molecular formula is C23H24ClN3O2S. The van der Waals surface area contributed by atoms with Gasteiger partial charge in [0.25, 0.3) is 0 Å². The van der Waals surface area contributed by atoms with Gasteiger partial charge >= 0.3 is 0 Å². The number of piperidine rings is 1. The van der Waals surface area contributed by atoms with Gasteiger partial charge in [0.2, 0.25) is 5.91 Å². The van der Waals surface area contributed by atoms with Crippen molar-refractivity contribution in [1.29, 1.82) is 0 Å². The van der Waals surface area contributed by atoms with Crippen molar-refractivity contribution in [2.45, 2.75) is 19.4 Å². The third-order valence-corrected chi connectivity index (χ3v) is 6.51. The average Bonchev–Trinajstić information content (AvgIpc) is 3.31. The quantitative estimate of drug-likeness (QED) is 0.523. The number of methoxy groups -OCH3 is 1. The number of amides is 1. The summed E-state index contributed by atoms with van der Waals surface area (Å²) >= 11 is 7.62. The van der Waals surface area contributed by atoms with Crippen LogP contribution in [0.2, 0.25) is 5.02 Å². The van der Waals surface area contributed by atoms with Gasteiger partial charge in [-0.05, 0) is 60.7 Å². The van der Waals surface area contributed by atoms with Gasteiger partial charge in [0.15, 0.2) is 0 Å². The Balaban J connectivity index is 1.48. The summed E-state index contributed by atoms with van der Waals surface area (Å²) in [7, 11) is 1.65. The Labute approximate surface area is 185 Å². The number of pyridine rings is 1. The number of thiophene rings is 1. The van der Waals surface area contributed by atoms with E-state index in [0.717, 1.165) is 43.2 Å². The lowest BCUT2D eigenvalue weighted by Gasteiger charge is -2.35. The number of aromatic nitrogens is 1. The van der Waals surface area contributed by atoms with Crippen LogP contribution in [0.15, 0.2) is 60.1 Å². The van der Waals surface area contributed by atoms with Crippen LogP contribution in [0.5, 0.6) is 5.75 Å². The predicted octanol–water partition coefficient (Wildman–Crippen LogP) is 5.25. The normalized spacial score (nSPS) is 14.5. The van der Waals surface area contributed by atoms with Crippen LogP contribution >= 0.6 is 22.9 Å². The van der Waals surface area contributed by atoms with Gasteiger partial charge in [0.1, 0.15) is 11.6 Å². The van der Waals surface area contributed by atoms with Gasteiger partial charge in [0.05, 0.1) is 18.7 Å². The summed E-state index contributed by atoms with van der Waals surface area (Å²) in [5, 5.41) is 2.68. The highest BCUT2D eigenvalue weighted by Crippen LogP contribution is 2.29. The van der Waals surface area contributed by atoms with Crippen LogP contribution in [-0.2, 0) is 11.3 Å². The number of hydrogen-bond donors (Lipinski definition) is 0. The van der Waals surface area contributed by atoms with Crippen molar-refractivity contribution in [3.63, 3.8) is 0 Å². The highest BCUT2D eigenvalue weighted by atomic mass is 35.5. The molecule has 0 aliphatic carbocycles. The summed E-state index contributed by atoms with van der Waals surface area (Å²) < 4.78 is 5.27. The first kappa shape index (κ1) is 20.7. The molecule has 2 aromatic heterocycles. The minimum Gasteiger partial charge on any atom is -0.497 e. The lowest BCUT2D eigenvalue weighted by molar-refractivity contribution is -0.123. The maximum absolute atomic E-state index is 13.5. The second kappa shape index (κ2) is 9.49. The molecule has 0 atom stereocenters. The van der Waals surface area contributed by atoms with E-state index in [0.29, 0.717) is 11.6 Å². The van der Waals surface area contributed by atoms with Crippen LogP contribution in [-0.4, -0.2) is 31.1 Å². The number of hydrogen-bond acceptors (Lipinski definition) is 5. The lowest BCUT2D eigenvalue weighted by Crippen LogP contribution is -2.42. The summed E-state index contributed by atoms with van der Waals surface area (Å²) in [6, 6.07) is 15.6. The Hall–Kier alpha value is -2.57. The molecule has 4 rings (SSSR count). The van der Waals surface area contributed by atoms with Gasteiger partial charge in [-0.25, -0.2) is 4.98 Å². The first-order valence-corrected chi connectivity index (χ1v) is 11.2. The third kappa shape index (κ3) is 4.77. The van der Waals surface area contributed by atoms with Crippen molar-refractivity contribution in [1.82, 2.24) is 4.98 Å². The van der Waals surface area contributed by atoms with Crippen LogP contribution in [0, 0.1) is 5.92 Å². The molecule has 1 amide bonds. The largest absolute Gasteiger partial charge is 0.497 e. The Morgan fingerprint density at radius 1 is 1.20 bits per heavy atom. The van der Waals surface area contributed by atoms with Crippen molar-refractivity contribution in [3.05, 3.63) is 70.0 Å². The van der Waals surface area contributed by atoms with Gasteiger partial charge in [-0.3, -0.25) is 4.79 Å². The number of halogens is 1. The van der Waals surface area contributed by atoms with Gasteiger partial charge in [-0.1, -0.05) is 17.7 Å². The fourth-order valence-corrected chi connectivity index (χ4v) is 4.55. The summed E-state index contributed by atoms with van der Waals surface area (Å²) in [6.45, 7) is 2.20. The molecule has 1 saturated heterocycles. The zero-order valence-corrected chi connectivity index (χ0v) is 18.4. The molecule has 0 unspecified atom stereocenters. The second-order valence-electron chi connectivity index (χ2n) is 7.30. The van der Waals surface area contributed by atoms with Gasteiger partial charge in [0, 0.05) is 35.8 Å². The van der Waals surface area contributed by atoms with E-state index in [4.69, 9.17) is 16.3 Å². The number of carbonyl (C=O) groups excluding carboxylic acids is 1. The van der Waals surface area contributed by atoms with E-state index in [1.165, 1.54) is 4.88 Å². The van der Waals surface area contributed by atoms with Crippen molar-refractivity contribution < 1.29 is 9.53 Å². The maximum atomic E-state index is 13.5. The summed E-state index contributed by atoms with van der Waals surface area (Å²) in [6.07, 6.45) is 3.28. The predicted molar refractivity (Wildman–Crippen MR) is 123 cm³/mol. The molecule has 0 radical (unpaired) electrons. The maximum Gasteiger partial charge on any atom is 0.230 e. The first-order chi connectivity index (χ1) is 14.6. The molecule has 0 N–H and O–H groups in total. The first-order valence-electron chi connectivity index (χ1n) is 9.98. The number of ether oxygens (including phenoxy) is 1. The van der Waals surface area contributed by atoms with Crippen molar-refractivity contribution in [2.75, 3.05) is 30.0 Å². The standard InChI is InChI=1S/C23H24ClN3O2S/c1-29-20-7-5-19(6-8-20)27(16-21-3-2-14-30-21)23(28)17-10-12-26(13-11-17)22-9-4-18(24)15-25-22/h2-9,14-15,17H,10-13,16H2,1H3. The Morgan fingerprint density at radius 2 is 1.97 bits per heavy atom. The third-order valence-electron chi connectivity index (χ3n) is 5.42. The van der Waals surface area contributed by atoms with Crippen LogP contribution in [0.3, 0.4) is 0 Å². The SMILES string of the molecule is COc1ccc(N(Cc2cccs2)C(=O)C2CCN(c3ccc(Cl)cn3)CC2)cc1. The Kier molecular flexibility index (Phi) is 6.55. The molecule has 0 saturated carbocycles. The molecule has 0 spiro atoms. The number of anilines is 2. The van der Waals surface area contributed by atoms with E-state index >= 15 is 0 Å². The summed E-state index contributed by atoms with van der Waals surface area (Å²) in [5.74, 6) is 1.87. The molecule has 0 bridgehead atoms. The molecule has 5 nitrogen and oxygen atoms in total. The van der Waals surface area contributed by atoms with E-state index in [-0.39, 0.29) is 11.8 Å². The number of rotatable bonds is 6. The van der Waals surface area contributed by atoms with E-state index in [1.807, 2.05) is 52.7 Å². The van der Waals surface area contributed by atoms with Crippen LogP contribution in [0.4, 0.5) is 11.5 Å². The van der Waals surface area contributed by atoms with E-state index in [9.17, 15) is 4.79 Å². The van der Waals surface area contributed by atoms with Crippen molar-refractivity contribution >= 4 is 40.4 Å². The van der Waals surface area contributed by atoms with Crippen LogP contribution in [0.25, 0.3) is 0 Å². The average molecular weight is 442 g/mol. The van der Waals surface area contributed by atoms with E-state index in [1.54, 1.807) is 24.6 Å². The molecule has 3 aromatic rings. The fraction of sp³-hybridized carbons (Fsp3) is 0.304. The molecular weight excluding hydrogens is 418 g/mol. The molecule has 1 fully saturated rings. The van der Waals surface area contributed by atoms with Gasteiger partial charge < -0.3 is 14.5 Å². The number of carbonyl (C=O) groups is 1. The summed E-state index contributed by atoms with van der Waals surface area (Å²) in [4.78, 5) is 23.2. The second-order valence-corrected chi connectivity index (χ2v) is 8.77. The van der Waals surface area contributed by atoms with E-state index < -0.39 is 0 Å². The van der Waals surface area contributed by atoms with Gasteiger partial charge in [-0.15, -0.1) is 11.3 Å². The fourth-order valence-electron chi connectivity index (χ4n) is 3.75. The molecule has 156 valence electrons. The molecule has 1 aliphatic heterocycles. The lowest BCUT2D eigenvalue weighted by atomic mass is 9.95. The monoisotopic (exact) mass is 441 g/mol. The highest BCUT2D eigenvalue weighted by molar-refractivity contribution is 7.09. The molecule has 1 aromatic carbocycles. The topological polar surface area (TPSA) is 45.7 Å². The Morgan fingerprint density at radius 3 is 2.57 bits per heavy atom. The summed E-state index contributed by atoms with van der Waals surface area (Å²) in [5.41, 5.74) is 0.899. The van der Waals surface area contributed by atoms with Crippen molar-refractivity contribution in [2.24, 2.45) is 5.92 Å². The zero-order chi connectivity index (χ0) is 20.9. The smallest absolute Gasteiger partial charge is 0.230 e. The van der Waals surface area contributed by atoms with E-state index in [2.05, 4.69) is 16.0 Å². The minimum absolute atomic E-state index is 0.00406. The molecule has 7 heteroatoms. The van der Waals surface area contributed by atoms with Crippen LogP contribution < -0.4 is 14.5 Å². The Bertz CT molecular complexity index is 953. The molecule has 30 heavy (non-hydrogen) atoms. The number of benzene rings is 1. The zero-order valence-electron chi connectivity index (χ0n) is 16.8. The highest BCUT2D eigenvalue weighted by Gasteiger charge is 2.30.